The molecule has 0 N–H and O–H groups in total. The van der Waals surface area contributed by atoms with E-state index in [1.54, 1.807) is 0 Å². The van der Waals surface area contributed by atoms with E-state index in [1.165, 1.54) is 29.7 Å². The molecule has 0 atom stereocenters. The first kappa shape index (κ1) is 7.99. The summed E-state index contributed by atoms with van der Waals surface area (Å²) in [7, 11) is 0. The largest absolute Gasteiger partial charge is 0.318 e. The highest BCUT2D eigenvalue weighted by Gasteiger charge is 2.13. The monoisotopic (exact) mass is 179 g/mol. The van der Waals surface area contributed by atoms with Crippen LogP contribution < -0.4 is 4.31 Å². The summed E-state index contributed by atoms with van der Waals surface area (Å²) in [5.41, 5.74) is 4.07. The van der Waals surface area contributed by atoms with Gasteiger partial charge in [-0.3, -0.25) is 0 Å². The zero-order valence-electron chi connectivity index (χ0n) is 7.25. The van der Waals surface area contributed by atoms with Crippen molar-refractivity contribution in [1.29, 1.82) is 0 Å². The van der Waals surface area contributed by atoms with E-state index in [0.29, 0.717) is 0 Å². The minimum absolute atomic E-state index is 1.07. The van der Waals surface area contributed by atoms with E-state index in [0.717, 1.165) is 6.54 Å². The number of nitrogens with zero attached hydrogens (tertiary/aromatic N) is 1. The molecule has 1 aromatic carbocycles. The van der Waals surface area contributed by atoms with Gasteiger partial charge in [0.05, 0.1) is 0 Å². The smallest absolute Gasteiger partial charge is 0.0499 e. The number of thiol groups is 1. The van der Waals surface area contributed by atoms with Gasteiger partial charge in [-0.05, 0) is 31.4 Å². The SMILES string of the molecule is Cc1ccc2c(c1)CCCN2S. The van der Waals surface area contributed by atoms with Crippen LogP contribution in [-0.2, 0) is 6.42 Å². The molecular formula is C10H13NS. The molecule has 64 valence electrons. The van der Waals surface area contributed by atoms with Gasteiger partial charge in [0.25, 0.3) is 0 Å². The number of rotatable bonds is 0. The molecule has 0 spiro atoms. The lowest BCUT2D eigenvalue weighted by Crippen LogP contribution is -2.19. The molecule has 2 rings (SSSR count). The van der Waals surface area contributed by atoms with Gasteiger partial charge in [-0.25, -0.2) is 0 Å². The van der Waals surface area contributed by atoms with Gasteiger partial charge < -0.3 is 4.31 Å². The average Bonchev–Trinajstić information content (AvgIpc) is 2.04. The molecule has 0 unspecified atom stereocenters. The van der Waals surface area contributed by atoms with E-state index < -0.39 is 0 Å². The van der Waals surface area contributed by atoms with Gasteiger partial charge in [0.1, 0.15) is 0 Å². The van der Waals surface area contributed by atoms with Crippen molar-refractivity contribution in [3.05, 3.63) is 29.3 Å². The first-order valence-electron chi connectivity index (χ1n) is 4.33. The van der Waals surface area contributed by atoms with Gasteiger partial charge in [-0.2, -0.15) is 0 Å². The third-order valence-corrected chi connectivity index (χ3v) is 2.74. The first-order valence-corrected chi connectivity index (χ1v) is 4.73. The zero-order chi connectivity index (χ0) is 8.55. The van der Waals surface area contributed by atoms with Crippen LogP contribution >= 0.6 is 12.8 Å². The Hall–Kier alpha value is -0.630. The van der Waals surface area contributed by atoms with Crippen molar-refractivity contribution in [3.63, 3.8) is 0 Å². The molecule has 1 nitrogen and oxygen atoms in total. The fourth-order valence-electron chi connectivity index (χ4n) is 1.71. The minimum atomic E-state index is 1.07. The van der Waals surface area contributed by atoms with E-state index in [4.69, 9.17) is 0 Å². The molecule has 1 aliphatic rings. The van der Waals surface area contributed by atoms with Crippen LogP contribution in [0.1, 0.15) is 17.5 Å². The Kier molecular flexibility index (Phi) is 2.01. The second kappa shape index (κ2) is 3.02. The lowest BCUT2D eigenvalue weighted by Gasteiger charge is -2.26. The van der Waals surface area contributed by atoms with Gasteiger partial charge in [0.15, 0.2) is 0 Å². The number of hydrogen-bond donors (Lipinski definition) is 1. The van der Waals surface area contributed by atoms with Crippen molar-refractivity contribution in [2.45, 2.75) is 19.8 Å². The van der Waals surface area contributed by atoms with E-state index >= 15 is 0 Å². The zero-order valence-corrected chi connectivity index (χ0v) is 8.14. The highest BCUT2D eigenvalue weighted by Crippen LogP contribution is 2.28. The molecule has 2 heteroatoms. The highest BCUT2D eigenvalue weighted by atomic mass is 32.1. The summed E-state index contributed by atoms with van der Waals surface area (Å²) in [6, 6.07) is 6.57. The Balaban J connectivity index is 2.46. The second-order valence-corrected chi connectivity index (χ2v) is 3.84. The summed E-state index contributed by atoms with van der Waals surface area (Å²) < 4.78 is 2.04. The summed E-state index contributed by atoms with van der Waals surface area (Å²) in [5, 5.41) is 0. The Morgan fingerprint density at radius 2 is 2.25 bits per heavy atom. The van der Waals surface area contributed by atoms with E-state index in [9.17, 15) is 0 Å². The molecule has 0 fully saturated rings. The lowest BCUT2D eigenvalue weighted by molar-refractivity contribution is 0.796. The van der Waals surface area contributed by atoms with Crippen molar-refractivity contribution in [1.82, 2.24) is 0 Å². The van der Waals surface area contributed by atoms with Crippen LogP contribution in [0, 0.1) is 6.92 Å². The molecule has 0 aromatic heterocycles. The van der Waals surface area contributed by atoms with E-state index in [1.807, 2.05) is 4.31 Å². The molecule has 0 bridgehead atoms. The summed E-state index contributed by atoms with van der Waals surface area (Å²) in [5.74, 6) is 0. The van der Waals surface area contributed by atoms with Gasteiger partial charge >= 0.3 is 0 Å². The molecule has 0 saturated carbocycles. The third-order valence-electron chi connectivity index (χ3n) is 2.33. The Bertz CT molecular complexity index is 296. The van der Waals surface area contributed by atoms with Gasteiger partial charge in [-0.1, -0.05) is 30.5 Å². The van der Waals surface area contributed by atoms with Crippen molar-refractivity contribution < 1.29 is 0 Å². The molecule has 0 radical (unpaired) electrons. The average molecular weight is 179 g/mol. The van der Waals surface area contributed by atoms with Crippen LogP contribution in [0.5, 0.6) is 0 Å². The third kappa shape index (κ3) is 1.31. The van der Waals surface area contributed by atoms with Crippen LogP contribution in [0.3, 0.4) is 0 Å². The molecule has 0 aliphatic carbocycles. The minimum Gasteiger partial charge on any atom is -0.318 e. The normalized spacial score (nSPS) is 16.0. The Labute approximate surface area is 78.9 Å². The topological polar surface area (TPSA) is 3.24 Å². The summed E-state index contributed by atoms with van der Waals surface area (Å²) in [4.78, 5) is 0. The number of anilines is 1. The fraction of sp³-hybridized carbons (Fsp3) is 0.400. The van der Waals surface area contributed by atoms with Gasteiger partial charge in [0.2, 0.25) is 0 Å². The maximum atomic E-state index is 4.41. The predicted octanol–water partition coefficient (Wildman–Crippen LogP) is 2.59. The van der Waals surface area contributed by atoms with E-state index in [-0.39, 0.29) is 0 Å². The van der Waals surface area contributed by atoms with Gasteiger partial charge in [0, 0.05) is 12.2 Å². The standard InChI is InChI=1S/C10H13NS/c1-8-4-5-10-9(7-8)3-2-6-11(10)12/h4-5,7,12H,2-3,6H2,1H3. The van der Waals surface area contributed by atoms with Crippen LogP contribution in [0.15, 0.2) is 18.2 Å². The van der Waals surface area contributed by atoms with Crippen molar-refractivity contribution in [2.24, 2.45) is 0 Å². The quantitative estimate of drug-likeness (QED) is 0.599. The maximum absolute atomic E-state index is 4.41. The van der Waals surface area contributed by atoms with Gasteiger partial charge in [-0.15, -0.1) is 0 Å². The molecule has 1 heterocycles. The molecule has 1 aromatic rings. The molecule has 1 aliphatic heterocycles. The number of fused-ring (bicyclic) bond motifs is 1. The Morgan fingerprint density at radius 3 is 3.08 bits per heavy atom. The van der Waals surface area contributed by atoms with Crippen molar-refractivity contribution >= 4 is 18.5 Å². The van der Waals surface area contributed by atoms with E-state index in [2.05, 4.69) is 37.9 Å². The highest BCUT2D eigenvalue weighted by molar-refractivity contribution is 7.81. The molecule has 0 saturated heterocycles. The van der Waals surface area contributed by atoms with Crippen molar-refractivity contribution in [2.75, 3.05) is 10.8 Å². The van der Waals surface area contributed by atoms with Crippen LogP contribution in [0.2, 0.25) is 0 Å². The number of hydrogen-bond acceptors (Lipinski definition) is 2. The fourth-order valence-corrected chi connectivity index (χ4v) is 2.04. The predicted molar refractivity (Wildman–Crippen MR) is 55.8 cm³/mol. The van der Waals surface area contributed by atoms with Crippen molar-refractivity contribution in [3.8, 4) is 0 Å². The maximum Gasteiger partial charge on any atom is 0.0499 e. The molecular weight excluding hydrogens is 166 g/mol. The summed E-state index contributed by atoms with van der Waals surface area (Å²) in [6.45, 7) is 3.21. The van der Waals surface area contributed by atoms with Crippen LogP contribution in [0.25, 0.3) is 0 Å². The second-order valence-electron chi connectivity index (χ2n) is 3.36. The molecule has 0 amide bonds. The lowest BCUT2D eigenvalue weighted by atomic mass is 10.0. The van der Waals surface area contributed by atoms with Crippen LogP contribution in [0.4, 0.5) is 5.69 Å². The Morgan fingerprint density at radius 1 is 1.42 bits per heavy atom. The number of aryl methyl sites for hydroxylation is 2. The number of benzene rings is 1. The summed E-state index contributed by atoms with van der Waals surface area (Å²) >= 11 is 4.41. The first-order chi connectivity index (χ1) is 5.77. The molecule has 12 heavy (non-hydrogen) atoms. The van der Waals surface area contributed by atoms with Crippen LogP contribution in [-0.4, -0.2) is 6.54 Å². The summed E-state index contributed by atoms with van der Waals surface area (Å²) in [6.07, 6.45) is 2.42.